The molecule has 0 radical (unpaired) electrons. The van der Waals surface area contributed by atoms with Crippen molar-refractivity contribution in [1.29, 1.82) is 0 Å². The molecule has 0 spiro atoms. The van der Waals surface area contributed by atoms with E-state index in [9.17, 15) is 13.2 Å². The second-order valence-electron chi connectivity index (χ2n) is 6.87. The molecule has 0 N–H and O–H groups in total. The predicted molar refractivity (Wildman–Crippen MR) is 91.7 cm³/mol. The summed E-state index contributed by atoms with van der Waals surface area (Å²) in [5.41, 5.74) is 3.59. The topological polar surface area (TPSA) is 77.0 Å². The van der Waals surface area contributed by atoms with E-state index in [1.54, 1.807) is 13.8 Å². The molecule has 1 unspecified atom stereocenters. The van der Waals surface area contributed by atoms with Gasteiger partial charge in [0.15, 0.2) is 15.1 Å². The fourth-order valence-corrected chi connectivity index (χ4v) is 5.63. The van der Waals surface area contributed by atoms with Crippen molar-refractivity contribution in [3.05, 3.63) is 58.2 Å². The number of nitrogens with zero attached hydrogens (tertiary/aromatic N) is 2. The molecular weight excluding hydrogens is 324 g/mol. The van der Waals surface area contributed by atoms with E-state index in [2.05, 4.69) is 9.97 Å². The lowest BCUT2D eigenvalue weighted by Crippen LogP contribution is -2.44. The molecule has 0 fully saturated rings. The number of Topliss-reactive ketones (excluding diaryl/α,β-unsaturated/α-hetero) is 1. The minimum atomic E-state index is -3.83. The average Bonchev–Trinajstić information content (AvgIpc) is 2.48. The zero-order chi connectivity index (χ0) is 17.9. The number of hydrogen-bond donors (Lipinski definition) is 0. The Bertz CT molecular complexity index is 939. The number of fused-ring (bicyclic) bond motifs is 1. The zero-order valence-corrected chi connectivity index (χ0v) is 15.2. The Morgan fingerprint density at radius 2 is 1.54 bits per heavy atom. The zero-order valence-electron chi connectivity index (χ0n) is 14.4. The van der Waals surface area contributed by atoms with Crippen molar-refractivity contribution in [2.24, 2.45) is 0 Å². The SMILES string of the molecule is Cc1cc(C)c(C2C(=O)c3nccnc3C(C)(C)S2(=O)=O)c(C)c1. The molecule has 3 rings (SSSR count). The van der Waals surface area contributed by atoms with Crippen LogP contribution in [-0.2, 0) is 14.6 Å². The number of carbonyl (C=O) groups excluding carboxylic acids is 1. The minimum Gasteiger partial charge on any atom is -0.291 e. The van der Waals surface area contributed by atoms with Crippen LogP contribution in [0.25, 0.3) is 0 Å². The second kappa shape index (κ2) is 5.21. The van der Waals surface area contributed by atoms with Crippen LogP contribution >= 0.6 is 0 Å². The van der Waals surface area contributed by atoms with Crippen molar-refractivity contribution < 1.29 is 13.2 Å². The quantitative estimate of drug-likeness (QED) is 0.795. The third kappa shape index (κ3) is 2.13. The van der Waals surface area contributed by atoms with Gasteiger partial charge in [0, 0.05) is 12.4 Å². The molecule has 0 amide bonds. The standard InChI is InChI=1S/C18H20N2O3S/c1-10-8-11(2)13(12(3)9-10)16-15(21)14-17(20-7-6-19-14)18(4,5)24(16,22)23/h6-9,16H,1-5H3. The van der Waals surface area contributed by atoms with Crippen LogP contribution in [-0.4, -0.2) is 24.2 Å². The Morgan fingerprint density at radius 3 is 2.12 bits per heavy atom. The Kier molecular flexibility index (Phi) is 3.64. The number of carbonyl (C=O) groups is 1. The molecule has 0 aliphatic carbocycles. The van der Waals surface area contributed by atoms with Gasteiger partial charge in [-0.25, -0.2) is 13.4 Å². The molecule has 0 saturated heterocycles. The van der Waals surface area contributed by atoms with Gasteiger partial charge in [0.1, 0.15) is 10.4 Å². The van der Waals surface area contributed by atoms with E-state index in [0.29, 0.717) is 5.56 Å². The molecule has 6 heteroatoms. The number of hydrogen-bond acceptors (Lipinski definition) is 5. The molecule has 1 aliphatic rings. The first-order chi connectivity index (χ1) is 11.1. The summed E-state index contributed by atoms with van der Waals surface area (Å²) in [6.07, 6.45) is 2.85. The van der Waals surface area contributed by atoms with Crippen molar-refractivity contribution in [2.75, 3.05) is 0 Å². The van der Waals surface area contributed by atoms with Crippen molar-refractivity contribution in [3.63, 3.8) is 0 Å². The lowest BCUT2D eigenvalue weighted by molar-refractivity contribution is 0.0974. The van der Waals surface area contributed by atoms with Crippen LogP contribution in [0.2, 0.25) is 0 Å². The maximum absolute atomic E-state index is 13.3. The van der Waals surface area contributed by atoms with E-state index in [1.165, 1.54) is 12.4 Å². The van der Waals surface area contributed by atoms with Crippen LogP contribution < -0.4 is 0 Å². The van der Waals surface area contributed by atoms with Crippen LogP contribution in [0.4, 0.5) is 0 Å². The van der Waals surface area contributed by atoms with Crippen LogP contribution in [0, 0.1) is 20.8 Å². The van der Waals surface area contributed by atoms with Gasteiger partial charge in [-0.1, -0.05) is 17.7 Å². The summed E-state index contributed by atoms with van der Waals surface area (Å²) in [6.45, 7) is 8.82. The fourth-order valence-electron chi connectivity index (χ4n) is 3.54. The van der Waals surface area contributed by atoms with E-state index in [-0.39, 0.29) is 11.4 Å². The molecule has 1 aromatic carbocycles. The smallest absolute Gasteiger partial charge is 0.205 e. The van der Waals surface area contributed by atoms with Gasteiger partial charge < -0.3 is 0 Å². The van der Waals surface area contributed by atoms with Gasteiger partial charge in [0.05, 0.1) is 5.69 Å². The van der Waals surface area contributed by atoms with Gasteiger partial charge in [0.2, 0.25) is 5.78 Å². The lowest BCUT2D eigenvalue weighted by Gasteiger charge is -2.35. The van der Waals surface area contributed by atoms with Gasteiger partial charge >= 0.3 is 0 Å². The van der Waals surface area contributed by atoms with Gasteiger partial charge in [-0.15, -0.1) is 0 Å². The van der Waals surface area contributed by atoms with Crippen LogP contribution in [0.3, 0.4) is 0 Å². The number of rotatable bonds is 1. The highest BCUT2D eigenvalue weighted by molar-refractivity contribution is 7.93. The number of aryl methyl sites for hydroxylation is 3. The molecule has 1 aliphatic heterocycles. The summed E-state index contributed by atoms with van der Waals surface area (Å²) in [6, 6.07) is 3.81. The van der Waals surface area contributed by atoms with E-state index < -0.39 is 25.6 Å². The maximum atomic E-state index is 13.3. The van der Waals surface area contributed by atoms with Gasteiger partial charge in [-0.2, -0.15) is 0 Å². The van der Waals surface area contributed by atoms with Gasteiger partial charge in [0.25, 0.3) is 0 Å². The van der Waals surface area contributed by atoms with Crippen LogP contribution in [0.15, 0.2) is 24.5 Å². The van der Waals surface area contributed by atoms with E-state index in [4.69, 9.17) is 0 Å². The van der Waals surface area contributed by atoms with Gasteiger partial charge in [-0.05, 0) is 51.3 Å². The first-order valence-corrected chi connectivity index (χ1v) is 9.30. The summed E-state index contributed by atoms with van der Waals surface area (Å²) in [4.78, 5) is 21.3. The molecular formula is C18H20N2O3S. The van der Waals surface area contributed by atoms with E-state index >= 15 is 0 Å². The molecule has 0 bridgehead atoms. The molecule has 2 aromatic rings. The van der Waals surface area contributed by atoms with Crippen molar-refractivity contribution in [1.82, 2.24) is 9.97 Å². The largest absolute Gasteiger partial charge is 0.291 e. The summed E-state index contributed by atoms with van der Waals surface area (Å²) in [7, 11) is -3.83. The van der Waals surface area contributed by atoms with Gasteiger partial charge in [-0.3, -0.25) is 9.78 Å². The third-order valence-electron chi connectivity index (χ3n) is 4.76. The summed E-state index contributed by atoms with van der Waals surface area (Å²) >= 11 is 0. The third-order valence-corrected chi connectivity index (χ3v) is 7.45. The van der Waals surface area contributed by atoms with Crippen LogP contribution in [0.1, 0.15) is 57.5 Å². The summed E-state index contributed by atoms with van der Waals surface area (Å²) < 4.78 is 25.3. The Balaban J connectivity index is 2.37. The monoisotopic (exact) mass is 344 g/mol. The highest BCUT2D eigenvalue weighted by Gasteiger charge is 2.54. The first kappa shape index (κ1) is 16.8. The Morgan fingerprint density at radius 1 is 1.00 bits per heavy atom. The number of sulfone groups is 1. The van der Waals surface area contributed by atoms with Crippen molar-refractivity contribution in [2.45, 2.75) is 44.6 Å². The summed E-state index contributed by atoms with van der Waals surface area (Å²) in [5.74, 6) is -0.493. The maximum Gasteiger partial charge on any atom is 0.205 e. The highest BCUT2D eigenvalue weighted by Crippen LogP contribution is 2.46. The second-order valence-corrected chi connectivity index (χ2v) is 9.45. The summed E-state index contributed by atoms with van der Waals surface area (Å²) in [5, 5.41) is -1.24. The van der Waals surface area contributed by atoms with E-state index in [1.807, 2.05) is 32.9 Å². The van der Waals surface area contributed by atoms with Crippen LogP contribution in [0.5, 0.6) is 0 Å². The molecule has 126 valence electrons. The number of aromatic nitrogens is 2. The molecule has 5 nitrogen and oxygen atoms in total. The van der Waals surface area contributed by atoms with Crippen molar-refractivity contribution >= 4 is 15.6 Å². The minimum absolute atomic E-state index is 0.154. The molecule has 0 saturated carbocycles. The molecule has 24 heavy (non-hydrogen) atoms. The number of ketones is 1. The molecule has 2 heterocycles. The lowest BCUT2D eigenvalue weighted by atomic mass is 9.92. The highest BCUT2D eigenvalue weighted by atomic mass is 32.2. The Labute approximate surface area is 142 Å². The fraction of sp³-hybridized carbons (Fsp3) is 0.389. The molecule has 1 aromatic heterocycles. The first-order valence-electron chi connectivity index (χ1n) is 7.76. The molecule has 1 atom stereocenters. The normalized spacial score (nSPS) is 21.4. The van der Waals surface area contributed by atoms with Crippen molar-refractivity contribution in [3.8, 4) is 0 Å². The van der Waals surface area contributed by atoms with E-state index in [0.717, 1.165) is 16.7 Å². The predicted octanol–water partition coefficient (Wildman–Crippen LogP) is 2.99. The average molecular weight is 344 g/mol. The Hall–Kier alpha value is -2.08. The number of benzene rings is 1.